The number of hydrogen-bond acceptors (Lipinski definition) is 4. The highest BCUT2D eigenvalue weighted by atomic mass is 35.5. The van der Waals surface area contributed by atoms with Gasteiger partial charge in [0.15, 0.2) is 5.54 Å². The van der Waals surface area contributed by atoms with E-state index < -0.39 is 5.54 Å². The van der Waals surface area contributed by atoms with Crippen LogP contribution in [0.15, 0.2) is 65.9 Å². The van der Waals surface area contributed by atoms with Crippen LogP contribution in [0.3, 0.4) is 0 Å². The monoisotopic (exact) mass is 431 g/mol. The van der Waals surface area contributed by atoms with Gasteiger partial charge in [-0.1, -0.05) is 49.7 Å². The minimum atomic E-state index is -1.20. The highest BCUT2D eigenvalue weighted by Crippen LogP contribution is 2.52. The quantitative estimate of drug-likeness (QED) is 0.572. The number of rotatable bonds is 3. The van der Waals surface area contributed by atoms with Crippen molar-refractivity contribution in [1.29, 1.82) is 0 Å². The molecule has 0 bridgehead atoms. The van der Waals surface area contributed by atoms with Gasteiger partial charge in [0, 0.05) is 36.1 Å². The van der Waals surface area contributed by atoms with E-state index in [-0.39, 0.29) is 5.91 Å². The van der Waals surface area contributed by atoms with Gasteiger partial charge in [-0.15, -0.1) is 0 Å². The molecule has 1 aromatic heterocycles. The number of ether oxygens (including phenoxy) is 1. The summed E-state index contributed by atoms with van der Waals surface area (Å²) in [5.41, 5.74) is 2.16. The number of pyridine rings is 1. The summed E-state index contributed by atoms with van der Waals surface area (Å²) in [4.78, 5) is 24.8. The summed E-state index contributed by atoms with van der Waals surface area (Å²) in [5.74, 6) is 2.20. The first-order valence-electron chi connectivity index (χ1n) is 10.3. The second kappa shape index (κ2) is 7.20. The standard InChI is InChI=1S/C25H22ClN3O2/c1-15(2)10-16-8-9-22-20(11-16)25(19-6-4-5-7-21(19)31-22)24(30)29(3)23(28-25)17-12-18(26)14-27-13-17/h4-9,11-15H,10H2,1-3H3. The van der Waals surface area contributed by atoms with Crippen LogP contribution < -0.4 is 4.74 Å². The van der Waals surface area contributed by atoms with E-state index in [2.05, 4.69) is 31.0 Å². The Morgan fingerprint density at radius 1 is 1.06 bits per heavy atom. The number of amides is 1. The predicted molar refractivity (Wildman–Crippen MR) is 121 cm³/mol. The molecule has 5 nitrogen and oxygen atoms in total. The molecule has 0 N–H and O–H groups in total. The third kappa shape index (κ3) is 3.03. The Balaban J connectivity index is 1.78. The number of benzene rings is 2. The van der Waals surface area contributed by atoms with Gasteiger partial charge in [0.05, 0.1) is 5.02 Å². The van der Waals surface area contributed by atoms with Crippen LogP contribution in [0, 0.1) is 5.92 Å². The maximum absolute atomic E-state index is 13.9. The molecule has 156 valence electrons. The molecule has 6 heteroatoms. The van der Waals surface area contributed by atoms with Crippen molar-refractivity contribution in [1.82, 2.24) is 9.88 Å². The predicted octanol–water partition coefficient (Wildman–Crippen LogP) is 5.20. The van der Waals surface area contributed by atoms with E-state index in [1.165, 1.54) is 0 Å². The fourth-order valence-corrected chi connectivity index (χ4v) is 4.60. The number of halogens is 1. The topological polar surface area (TPSA) is 54.8 Å². The van der Waals surface area contributed by atoms with E-state index in [1.54, 1.807) is 30.4 Å². The Bertz CT molecular complexity index is 1240. The average Bonchev–Trinajstić information content (AvgIpc) is 3.01. The lowest BCUT2D eigenvalue weighted by atomic mass is 9.79. The normalized spacial score (nSPS) is 19.3. The van der Waals surface area contributed by atoms with Crippen LogP contribution in [-0.2, 0) is 16.8 Å². The van der Waals surface area contributed by atoms with E-state index in [9.17, 15) is 4.79 Å². The number of amidine groups is 1. The van der Waals surface area contributed by atoms with Crippen LogP contribution in [-0.4, -0.2) is 28.7 Å². The number of fused-ring (bicyclic) bond motifs is 4. The third-order valence-electron chi connectivity index (χ3n) is 5.74. The lowest BCUT2D eigenvalue weighted by Crippen LogP contribution is -2.41. The Labute approximate surface area is 186 Å². The highest BCUT2D eigenvalue weighted by molar-refractivity contribution is 6.31. The fourth-order valence-electron chi connectivity index (χ4n) is 4.43. The van der Waals surface area contributed by atoms with Gasteiger partial charge in [-0.3, -0.25) is 14.7 Å². The summed E-state index contributed by atoms with van der Waals surface area (Å²) in [6.07, 6.45) is 4.15. The van der Waals surface area contributed by atoms with E-state index in [4.69, 9.17) is 21.3 Å². The summed E-state index contributed by atoms with van der Waals surface area (Å²) >= 11 is 6.18. The van der Waals surface area contributed by atoms with Crippen molar-refractivity contribution in [2.24, 2.45) is 10.9 Å². The molecular weight excluding hydrogens is 410 g/mol. The second-order valence-electron chi connectivity index (χ2n) is 8.43. The molecule has 2 aromatic carbocycles. The Morgan fingerprint density at radius 2 is 1.84 bits per heavy atom. The minimum Gasteiger partial charge on any atom is -0.457 e. The summed E-state index contributed by atoms with van der Waals surface area (Å²) < 4.78 is 6.19. The van der Waals surface area contributed by atoms with Crippen LogP contribution >= 0.6 is 11.6 Å². The zero-order valence-electron chi connectivity index (χ0n) is 17.6. The van der Waals surface area contributed by atoms with Gasteiger partial charge < -0.3 is 4.74 Å². The molecule has 0 fully saturated rings. The van der Waals surface area contributed by atoms with E-state index in [0.717, 1.165) is 23.1 Å². The molecular formula is C25H22ClN3O2. The zero-order chi connectivity index (χ0) is 21.8. The molecule has 0 saturated carbocycles. The highest BCUT2D eigenvalue weighted by Gasteiger charge is 2.54. The maximum atomic E-state index is 13.9. The van der Waals surface area contributed by atoms with Crippen LogP contribution in [0.1, 0.15) is 36.1 Å². The molecule has 3 aromatic rings. The lowest BCUT2D eigenvalue weighted by molar-refractivity contribution is -0.129. The van der Waals surface area contributed by atoms with Gasteiger partial charge >= 0.3 is 0 Å². The molecule has 0 radical (unpaired) electrons. The maximum Gasteiger partial charge on any atom is 0.265 e. The number of aliphatic imine (C=N–C) groups is 1. The number of carbonyl (C=O) groups excluding carboxylic acids is 1. The molecule has 2 aliphatic rings. The van der Waals surface area contributed by atoms with Gasteiger partial charge in [0.1, 0.15) is 17.3 Å². The average molecular weight is 432 g/mol. The van der Waals surface area contributed by atoms with Crippen LogP contribution in [0.25, 0.3) is 0 Å². The van der Waals surface area contributed by atoms with Gasteiger partial charge in [-0.2, -0.15) is 0 Å². The van der Waals surface area contributed by atoms with Crippen molar-refractivity contribution >= 4 is 23.3 Å². The van der Waals surface area contributed by atoms with E-state index in [0.29, 0.717) is 33.8 Å². The summed E-state index contributed by atoms with van der Waals surface area (Å²) in [6, 6.07) is 15.5. The molecule has 3 heterocycles. The van der Waals surface area contributed by atoms with Crippen molar-refractivity contribution in [3.63, 3.8) is 0 Å². The van der Waals surface area contributed by atoms with Crippen molar-refractivity contribution in [2.45, 2.75) is 25.8 Å². The molecule has 0 saturated heterocycles. The van der Waals surface area contributed by atoms with Crippen LogP contribution in [0.5, 0.6) is 11.5 Å². The number of aromatic nitrogens is 1. The summed E-state index contributed by atoms with van der Waals surface area (Å²) in [6.45, 7) is 4.36. The van der Waals surface area contributed by atoms with E-state index in [1.807, 2.05) is 30.3 Å². The van der Waals surface area contributed by atoms with Gasteiger partial charge in [-0.05, 0) is 42.2 Å². The first-order chi connectivity index (χ1) is 14.9. The second-order valence-corrected chi connectivity index (χ2v) is 8.86. The number of hydrogen-bond donors (Lipinski definition) is 0. The van der Waals surface area contributed by atoms with Gasteiger partial charge in [0.2, 0.25) is 0 Å². The first kappa shape index (κ1) is 19.8. The minimum absolute atomic E-state index is 0.124. The molecule has 31 heavy (non-hydrogen) atoms. The molecule has 5 rings (SSSR count). The smallest absolute Gasteiger partial charge is 0.265 e. The van der Waals surface area contributed by atoms with Crippen LogP contribution in [0.4, 0.5) is 0 Å². The third-order valence-corrected chi connectivity index (χ3v) is 5.95. The summed E-state index contributed by atoms with van der Waals surface area (Å²) in [7, 11) is 1.74. The SMILES string of the molecule is CC(C)Cc1ccc2c(c1)C1(N=C(c3cncc(Cl)c3)N(C)C1=O)c1ccccc1O2. The molecule has 1 unspecified atom stereocenters. The molecule has 1 spiro atoms. The first-order valence-corrected chi connectivity index (χ1v) is 10.7. The van der Waals surface area contributed by atoms with Crippen molar-refractivity contribution in [3.8, 4) is 11.5 Å². The number of para-hydroxylation sites is 1. The molecule has 1 atom stereocenters. The molecule has 2 aliphatic heterocycles. The largest absolute Gasteiger partial charge is 0.457 e. The lowest BCUT2D eigenvalue weighted by Gasteiger charge is -2.34. The van der Waals surface area contributed by atoms with Crippen molar-refractivity contribution < 1.29 is 9.53 Å². The number of nitrogens with zero attached hydrogens (tertiary/aromatic N) is 3. The fraction of sp³-hybridized carbons (Fsp3) is 0.240. The number of carbonyl (C=O) groups is 1. The van der Waals surface area contributed by atoms with E-state index >= 15 is 0 Å². The Morgan fingerprint density at radius 3 is 2.61 bits per heavy atom. The zero-order valence-corrected chi connectivity index (χ0v) is 18.3. The Hall–Kier alpha value is -3.18. The van der Waals surface area contributed by atoms with Crippen molar-refractivity contribution in [3.05, 3.63) is 88.2 Å². The van der Waals surface area contributed by atoms with Crippen molar-refractivity contribution in [2.75, 3.05) is 7.05 Å². The van der Waals surface area contributed by atoms with Crippen LogP contribution in [0.2, 0.25) is 5.02 Å². The number of likely N-dealkylation sites (N-methyl/N-ethyl adjacent to an activating group) is 1. The Kier molecular flexibility index (Phi) is 4.59. The summed E-state index contributed by atoms with van der Waals surface area (Å²) in [5, 5.41) is 0.494. The molecule has 1 amide bonds. The van der Waals surface area contributed by atoms with Gasteiger partial charge in [-0.25, -0.2) is 4.99 Å². The van der Waals surface area contributed by atoms with Gasteiger partial charge in [0.25, 0.3) is 5.91 Å². The molecule has 0 aliphatic carbocycles.